The van der Waals surface area contributed by atoms with E-state index in [9.17, 15) is 21.6 Å². The maximum absolute atomic E-state index is 12.1. The highest BCUT2D eigenvalue weighted by atomic mass is 32.2. The van der Waals surface area contributed by atoms with E-state index >= 15 is 0 Å². The molecule has 0 atom stereocenters. The lowest BCUT2D eigenvalue weighted by Gasteiger charge is -2.09. The predicted molar refractivity (Wildman–Crippen MR) is 62.1 cm³/mol. The van der Waals surface area contributed by atoms with Gasteiger partial charge in [0, 0.05) is 11.5 Å². The number of rotatable bonds is 2. The molecule has 0 unspecified atom stereocenters. The molecule has 2 aromatic rings. The molecule has 0 aliphatic heterocycles. The van der Waals surface area contributed by atoms with Crippen LogP contribution in [0.25, 0.3) is 10.9 Å². The van der Waals surface area contributed by atoms with Gasteiger partial charge >= 0.3 is 15.6 Å². The van der Waals surface area contributed by atoms with Gasteiger partial charge in [-0.05, 0) is 25.1 Å². The van der Waals surface area contributed by atoms with Crippen molar-refractivity contribution in [2.45, 2.75) is 12.4 Å². The summed E-state index contributed by atoms with van der Waals surface area (Å²) < 4.78 is 62.0. The third-order valence-electron chi connectivity index (χ3n) is 2.30. The van der Waals surface area contributed by atoms with Gasteiger partial charge in [-0.1, -0.05) is 11.6 Å². The van der Waals surface area contributed by atoms with Gasteiger partial charge in [0.1, 0.15) is 0 Å². The fourth-order valence-corrected chi connectivity index (χ4v) is 1.84. The topological polar surface area (TPSA) is 56.3 Å². The molecule has 1 aromatic carbocycles. The molecule has 0 radical (unpaired) electrons. The van der Waals surface area contributed by atoms with Crippen LogP contribution in [-0.2, 0) is 10.1 Å². The summed E-state index contributed by atoms with van der Waals surface area (Å²) in [5.74, 6) is -0.617. The van der Waals surface area contributed by atoms with Crippen molar-refractivity contribution in [2.24, 2.45) is 0 Å². The van der Waals surface area contributed by atoms with Gasteiger partial charge in [-0.3, -0.25) is 0 Å². The Balaban J connectivity index is 2.40. The summed E-state index contributed by atoms with van der Waals surface area (Å²) in [5, 5.41) is 0.678. The number of nitrogens with zero attached hydrogens (tertiary/aromatic N) is 1. The Morgan fingerprint density at radius 1 is 1.16 bits per heavy atom. The first kappa shape index (κ1) is 13.6. The van der Waals surface area contributed by atoms with Crippen LogP contribution in [0, 0.1) is 6.92 Å². The van der Waals surface area contributed by atoms with Crippen molar-refractivity contribution in [3.8, 4) is 5.88 Å². The number of alkyl halides is 3. The monoisotopic (exact) mass is 291 g/mol. The third-order valence-corrected chi connectivity index (χ3v) is 3.25. The molecular weight excluding hydrogens is 283 g/mol. The minimum atomic E-state index is -5.69. The van der Waals surface area contributed by atoms with Crippen molar-refractivity contribution in [2.75, 3.05) is 0 Å². The second-order valence-electron chi connectivity index (χ2n) is 3.83. The Bertz CT molecular complexity index is 726. The van der Waals surface area contributed by atoms with Gasteiger partial charge in [-0.2, -0.15) is 21.6 Å². The van der Waals surface area contributed by atoms with Gasteiger partial charge in [-0.25, -0.2) is 4.98 Å². The first-order valence-electron chi connectivity index (χ1n) is 5.07. The van der Waals surface area contributed by atoms with Crippen molar-refractivity contribution >= 4 is 21.0 Å². The number of benzene rings is 1. The van der Waals surface area contributed by atoms with E-state index in [1.807, 2.05) is 6.92 Å². The molecule has 0 amide bonds. The summed E-state index contributed by atoms with van der Waals surface area (Å²) in [6.07, 6.45) is 0. The van der Waals surface area contributed by atoms with E-state index in [0.29, 0.717) is 10.9 Å². The maximum Gasteiger partial charge on any atom is 0.534 e. The van der Waals surface area contributed by atoms with Crippen LogP contribution in [0.2, 0.25) is 0 Å². The van der Waals surface area contributed by atoms with Crippen LogP contribution in [-0.4, -0.2) is 18.9 Å². The van der Waals surface area contributed by atoms with E-state index in [2.05, 4.69) is 9.17 Å². The van der Waals surface area contributed by atoms with Gasteiger partial charge in [-0.15, -0.1) is 0 Å². The zero-order valence-electron chi connectivity index (χ0n) is 9.60. The molecular formula is C11H8F3NO3S. The van der Waals surface area contributed by atoms with Gasteiger partial charge in [0.2, 0.25) is 5.88 Å². The van der Waals surface area contributed by atoms with E-state index < -0.39 is 21.5 Å². The largest absolute Gasteiger partial charge is 0.534 e. The summed E-state index contributed by atoms with van der Waals surface area (Å²) >= 11 is 0. The van der Waals surface area contributed by atoms with Crippen molar-refractivity contribution in [1.82, 2.24) is 4.98 Å². The minimum absolute atomic E-state index is 0.348. The lowest BCUT2D eigenvalue weighted by molar-refractivity contribution is -0.0501. The van der Waals surface area contributed by atoms with Crippen LogP contribution >= 0.6 is 0 Å². The zero-order valence-corrected chi connectivity index (χ0v) is 10.4. The Morgan fingerprint density at radius 3 is 2.47 bits per heavy atom. The number of pyridine rings is 1. The van der Waals surface area contributed by atoms with Crippen molar-refractivity contribution in [3.63, 3.8) is 0 Å². The molecule has 0 spiro atoms. The molecule has 0 saturated heterocycles. The fraction of sp³-hybridized carbons (Fsp3) is 0.182. The smallest absolute Gasteiger partial charge is 0.355 e. The molecule has 2 rings (SSSR count). The molecule has 1 aromatic heterocycles. The molecule has 0 aliphatic carbocycles. The third kappa shape index (κ3) is 2.78. The molecule has 0 saturated carbocycles. The number of aryl methyl sites for hydroxylation is 1. The molecule has 1 heterocycles. The summed E-state index contributed by atoms with van der Waals surface area (Å²) in [6.45, 7) is 1.85. The Morgan fingerprint density at radius 2 is 1.84 bits per heavy atom. The summed E-state index contributed by atoms with van der Waals surface area (Å²) in [4.78, 5) is 3.71. The molecule has 102 valence electrons. The number of aromatic nitrogens is 1. The van der Waals surface area contributed by atoms with Crippen LogP contribution < -0.4 is 4.18 Å². The van der Waals surface area contributed by atoms with E-state index in [4.69, 9.17) is 0 Å². The summed E-state index contributed by atoms with van der Waals surface area (Å²) in [5.41, 5.74) is -4.18. The summed E-state index contributed by atoms with van der Waals surface area (Å²) in [7, 11) is -5.69. The Hall–Kier alpha value is -1.83. The minimum Gasteiger partial charge on any atom is -0.355 e. The average molecular weight is 291 g/mol. The van der Waals surface area contributed by atoms with Gasteiger partial charge in [0.05, 0.1) is 5.52 Å². The lowest BCUT2D eigenvalue weighted by Crippen LogP contribution is -2.28. The van der Waals surface area contributed by atoms with Gasteiger partial charge in [0.25, 0.3) is 0 Å². The van der Waals surface area contributed by atoms with E-state index in [1.54, 1.807) is 18.2 Å². The molecule has 0 aliphatic rings. The van der Waals surface area contributed by atoms with E-state index in [-0.39, 0.29) is 0 Å². The molecule has 0 bridgehead atoms. The quantitative estimate of drug-likeness (QED) is 0.630. The highest BCUT2D eigenvalue weighted by Crippen LogP contribution is 2.27. The molecule has 0 fully saturated rings. The molecule has 4 nitrogen and oxygen atoms in total. The van der Waals surface area contributed by atoms with Crippen LogP contribution in [0.1, 0.15) is 5.56 Å². The van der Waals surface area contributed by atoms with Crippen molar-refractivity contribution in [3.05, 3.63) is 35.9 Å². The molecule has 0 N–H and O–H groups in total. The van der Waals surface area contributed by atoms with Crippen LogP contribution in [0.4, 0.5) is 13.2 Å². The summed E-state index contributed by atoms with van der Waals surface area (Å²) in [6, 6.07) is 7.56. The van der Waals surface area contributed by atoms with Crippen LogP contribution in [0.3, 0.4) is 0 Å². The highest BCUT2D eigenvalue weighted by Gasteiger charge is 2.48. The highest BCUT2D eigenvalue weighted by molar-refractivity contribution is 7.87. The first-order valence-corrected chi connectivity index (χ1v) is 6.48. The SMILES string of the molecule is Cc1ccc2nc(OS(=O)(=O)C(F)(F)F)ccc2c1. The number of fused-ring (bicyclic) bond motifs is 1. The normalized spacial score (nSPS) is 12.6. The van der Waals surface area contributed by atoms with Crippen LogP contribution in [0.5, 0.6) is 5.88 Å². The average Bonchev–Trinajstić information content (AvgIpc) is 2.27. The maximum atomic E-state index is 12.1. The second-order valence-corrected chi connectivity index (χ2v) is 5.37. The second kappa shape index (κ2) is 4.37. The van der Waals surface area contributed by atoms with Crippen molar-refractivity contribution < 1.29 is 25.8 Å². The Labute approximate surface area is 107 Å². The van der Waals surface area contributed by atoms with Crippen molar-refractivity contribution in [1.29, 1.82) is 0 Å². The Kier molecular flexibility index (Phi) is 3.13. The molecule has 19 heavy (non-hydrogen) atoms. The van der Waals surface area contributed by atoms with Gasteiger partial charge < -0.3 is 4.18 Å². The van der Waals surface area contributed by atoms with E-state index in [0.717, 1.165) is 11.6 Å². The molecule has 8 heteroatoms. The van der Waals surface area contributed by atoms with Gasteiger partial charge in [0.15, 0.2) is 0 Å². The zero-order chi connectivity index (χ0) is 14.3. The standard InChI is InChI=1S/C11H8F3NO3S/c1-7-2-4-9-8(6-7)3-5-10(15-9)18-19(16,17)11(12,13)14/h2-6H,1H3. The number of hydrogen-bond donors (Lipinski definition) is 0. The number of halogens is 3. The van der Waals surface area contributed by atoms with Crippen LogP contribution in [0.15, 0.2) is 30.3 Å². The van der Waals surface area contributed by atoms with E-state index in [1.165, 1.54) is 6.07 Å². The predicted octanol–water partition coefficient (Wildman–Crippen LogP) is 2.77. The fourth-order valence-electron chi connectivity index (χ4n) is 1.43. The number of hydrogen-bond acceptors (Lipinski definition) is 4. The lowest BCUT2D eigenvalue weighted by atomic mass is 10.1. The first-order chi connectivity index (χ1) is 8.69.